The summed E-state index contributed by atoms with van der Waals surface area (Å²) in [7, 11) is 0. The highest BCUT2D eigenvalue weighted by atomic mass is 16.6. The predicted molar refractivity (Wildman–Crippen MR) is 84.4 cm³/mol. The van der Waals surface area contributed by atoms with Crippen molar-refractivity contribution < 1.29 is 19.1 Å². The van der Waals surface area contributed by atoms with Crippen LogP contribution in [-0.4, -0.2) is 43.0 Å². The Kier molecular flexibility index (Phi) is 4.41. The Labute approximate surface area is 135 Å². The van der Waals surface area contributed by atoms with E-state index in [9.17, 15) is 9.59 Å². The standard InChI is InChI=1S/C17H22N2O4/c1-3-19-10-13(9-16(19)20)17(21)18-11(2)12-4-5-14-15(8-12)23-7-6-22-14/h4-5,8,11,13H,3,6-7,9-10H2,1-2H3,(H,18,21)/t11-,13-/m0/s1. The summed E-state index contributed by atoms with van der Waals surface area (Å²) in [5.41, 5.74) is 0.958. The molecular formula is C17H22N2O4. The first kappa shape index (κ1) is 15.6. The van der Waals surface area contributed by atoms with Gasteiger partial charge in [0.15, 0.2) is 11.5 Å². The van der Waals surface area contributed by atoms with Gasteiger partial charge in [-0.1, -0.05) is 6.07 Å². The molecule has 6 nitrogen and oxygen atoms in total. The van der Waals surface area contributed by atoms with Crippen molar-refractivity contribution in [2.24, 2.45) is 5.92 Å². The maximum atomic E-state index is 12.4. The summed E-state index contributed by atoms with van der Waals surface area (Å²) in [5, 5.41) is 3.00. The largest absolute Gasteiger partial charge is 0.486 e. The van der Waals surface area contributed by atoms with Crippen LogP contribution in [0.3, 0.4) is 0 Å². The Hall–Kier alpha value is -2.24. The SMILES string of the molecule is CCN1C[C@@H](C(=O)N[C@@H](C)c2ccc3c(c2)OCCO3)CC1=O. The summed E-state index contributed by atoms with van der Waals surface area (Å²) >= 11 is 0. The van der Waals surface area contributed by atoms with E-state index in [-0.39, 0.29) is 23.8 Å². The van der Waals surface area contributed by atoms with Crippen LogP contribution in [0.15, 0.2) is 18.2 Å². The van der Waals surface area contributed by atoms with Crippen LogP contribution in [0.25, 0.3) is 0 Å². The summed E-state index contributed by atoms with van der Waals surface area (Å²) in [6, 6.07) is 5.54. The summed E-state index contributed by atoms with van der Waals surface area (Å²) in [4.78, 5) is 25.9. The van der Waals surface area contributed by atoms with E-state index < -0.39 is 0 Å². The van der Waals surface area contributed by atoms with Crippen LogP contribution >= 0.6 is 0 Å². The molecule has 2 heterocycles. The number of amides is 2. The molecule has 2 aliphatic rings. The first-order valence-electron chi connectivity index (χ1n) is 8.06. The van der Waals surface area contributed by atoms with Crippen molar-refractivity contribution in [1.29, 1.82) is 0 Å². The van der Waals surface area contributed by atoms with E-state index in [1.807, 2.05) is 32.0 Å². The fraction of sp³-hybridized carbons (Fsp3) is 0.529. The third-order valence-corrected chi connectivity index (χ3v) is 4.39. The van der Waals surface area contributed by atoms with Crippen LogP contribution in [0, 0.1) is 5.92 Å². The number of likely N-dealkylation sites (tertiary alicyclic amines) is 1. The molecule has 2 amide bonds. The van der Waals surface area contributed by atoms with Gasteiger partial charge in [0.2, 0.25) is 11.8 Å². The van der Waals surface area contributed by atoms with E-state index in [1.165, 1.54) is 0 Å². The van der Waals surface area contributed by atoms with Crippen molar-refractivity contribution in [2.75, 3.05) is 26.3 Å². The number of benzene rings is 1. The smallest absolute Gasteiger partial charge is 0.225 e. The number of nitrogens with one attached hydrogen (secondary N) is 1. The molecule has 0 aromatic heterocycles. The maximum Gasteiger partial charge on any atom is 0.225 e. The maximum absolute atomic E-state index is 12.4. The molecule has 0 unspecified atom stereocenters. The molecule has 0 bridgehead atoms. The highest BCUT2D eigenvalue weighted by molar-refractivity contribution is 5.89. The minimum atomic E-state index is -0.262. The third kappa shape index (κ3) is 3.25. The third-order valence-electron chi connectivity index (χ3n) is 4.39. The number of carbonyl (C=O) groups is 2. The lowest BCUT2D eigenvalue weighted by molar-refractivity contribution is -0.129. The molecule has 2 atom stereocenters. The van der Waals surface area contributed by atoms with E-state index in [0.717, 1.165) is 11.3 Å². The molecule has 0 saturated carbocycles. The molecule has 1 fully saturated rings. The van der Waals surface area contributed by atoms with Gasteiger partial charge < -0.3 is 19.7 Å². The number of fused-ring (bicyclic) bond motifs is 1. The van der Waals surface area contributed by atoms with Crippen molar-refractivity contribution in [3.63, 3.8) is 0 Å². The highest BCUT2D eigenvalue weighted by Crippen LogP contribution is 2.32. The minimum Gasteiger partial charge on any atom is -0.486 e. The van der Waals surface area contributed by atoms with E-state index in [1.54, 1.807) is 4.90 Å². The molecule has 1 saturated heterocycles. The second-order valence-corrected chi connectivity index (χ2v) is 5.97. The van der Waals surface area contributed by atoms with Gasteiger partial charge in [-0.2, -0.15) is 0 Å². The summed E-state index contributed by atoms with van der Waals surface area (Å²) < 4.78 is 11.1. The fourth-order valence-corrected chi connectivity index (χ4v) is 3.00. The quantitative estimate of drug-likeness (QED) is 0.913. The van der Waals surface area contributed by atoms with Crippen LogP contribution in [0.2, 0.25) is 0 Å². The summed E-state index contributed by atoms with van der Waals surface area (Å²) in [6.07, 6.45) is 0.299. The zero-order chi connectivity index (χ0) is 16.4. The van der Waals surface area contributed by atoms with Crippen molar-refractivity contribution in [1.82, 2.24) is 10.2 Å². The first-order valence-corrected chi connectivity index (χ1v) is 8.06. The molecule has 0 spiro atoms. The molecule has 6 heteroatoms. The lowest BCUT2D eigenvalue weighted by Gasteiger charge is -2.22. The number of nitrogens with zero attached hydrogens (tertiary/aromatic N) is 1. The van der Waals surface area contributed by atoms with Gasteiger partial charge >= 0.3 is 0 Å². The Morgan fingerprint density at radius 2 is 2.09 bits per heavy atom. The molecule has 1 aromatic rings. The highest BCUT2D eigenvalue weighted by Gasteiger charge is 2.33. The van der Waals surface area contributed by atoms with Crippen molar-refractivity contribution in [3.05, 3.63) is 23.8 Å². The van der Waals surface area contributed by atoms with Crippen LogP contribution in [0.4, 0.5) is 0 Å². The van der Waals surface area contributed by atoms with Crippen molar-refractivity contribution >= 4 is 11.8 Å². The Morgan fingerprint density at radius 3 is 2.78 bits per heavy atom. The molecule has 0 aliphatic carbocycles. The second kappa shape index (κ2) is 6.48. The normalized spacial score (nSPS) is 21.2. The van der Waals surface area contributed by atoms with Crippen LogP contribution in [0.5, 0.6) is 11.5 Å². The topological polar surface area (TPSA) is 67.9 Å². The number of carbonyl (C=O) groups excluding carboxylic acids is 2. The lowest BCUT2D eigenvalue weighted by Crippen LogP contribution is -2.34. The molecular weight excluding hydrogens is 296 g/mol. The molecule has 3 rings (SSSR count). The van der Waals surface area contributed by atoms with Crippen LogP contribution in [0.1, 0.15) is 31.9 Å². The van der Waals surface area contributed by atoms with Gasteiger partial charge in [-0.25, -0.2) is 0 Å². The van der Waals surface area contributed by atoms with Gasteiger partial charge in [0, 0.05) is 19.5 Å². The van der Waals surface area contributed by atoms with Gasteiger partial charge in [-0.05, 0) is 31.5 Å². The number of ether oxygens (including phenoxy) is 2. The minimum absolute atomic E-state index is 0.0552. The Balaban J connectivity index is 1.64. The molecule has 1 aromatic carbocycles. The van der Waals surface area contributed by atoms with Crippen LogP contribution in [-0.2, 0) is 9.59 Å². The molecule has 2 aliphatic heterocycles. The average molecular weight is 318 g/mol. The monoisotopic (exact) mass is 318 g/mol. The molecule has 0 radical (unpaired) electrons. The van der Waals surface area contributed by atoms with E-state index >= 15 is 0 Å². The predicted octanol–water partition coefficient (Wildman–Crippen LogP) is 1.50. The fourth-order valence-electron chi connectivity index (χ4n) is 3.00. The van der Waals surface area contributed by atoms with Gasteiger partial charge in [0.05, 0.1) is 12.0 Å². The van der Waals surface area contributed by atoms with Gasteiger partial charge in [-0.3, -0.25) is 9.59 Å². The van der Waals surface area contributed by atoms with Gasteiger partial charge in [-0.15, -0.1) is 0 Å². The summed E-state index contributed by atoms with van der Waals surface area (Å²) in [5.74, 6) is 1.17. The molecule has 23 heavy (non-hydrogen) atoms. The van der Waals surface area contributed by atoms with Gasteiger partial charge in [0.25, 0.3) is 0 Å². The van der Waals surface area contributed by atoms with E-state index in [4.69, 9.17) is 9.47 Å². The average Bonchev–Trinajstić information content (AvgIpc) is 2.95. The number of hydrogen-bond donors (Lipinski definition) is 1. The molecule has 1 N–H and O–H groups in total. The lowest BCUT2D eigenvalue weighted by atomic mass is 10.0. The van der Waals surface area contributed by atoms with E-state index in [0.29, 0.717) is 38.5 Å². The summed E-state index contributed by atoms with van der Waals surface area (Å²) in [6.45, 7) is 6.11. The second-order valence-electron chi connectivity index (χ2n) is 5.97. The zero-order valence-electron chi connectivity index (χ0n) is 13.5. The number of hydrogen-bond acceptors (Lipinski definition) is 4. The Morgan fingerprint density at radius 1 is 1.35 bits per heavy atom. The van der Waals surface area contributed by atoms with Crippen LogP contribution < -0.4 is 14.8 Å². The van der Waals surface area contributed by atoms with Crippen molar-refractivity contribution in [3.8, 4) is 11.5 Å². The van der Waals surface area contributed by atoms with Crippen molar-refractivity contribution in [2.45, 2.75) is 26.3 Å². The molecule has 124 valence electrons. The Bertz CT molecular complexity index is 617. The van der Waals surface area contributed by atoms with E-state index in [2.05, 4.69) is 5.32 Å². The first-order chi connectivity index (χ1) is 11.1. The zero-order valence-corrected chi connectivity index (χ0v) is 13.5. The number of rotatable bonds is 4. The van der Waals surface area contributed by atoms with Gasteiger partial charge in [0.1, 0.15) is 13.2 Å².